The molecular weight excluding hydrogens is 441 g/mol. The number of amides is 1. The van der Waals surface area contributed by atoms with Crippen LogP contribution in [0.1, 0.15) is 26.2 Å². The Morgan fingerprint density at radius 3 is 2.50 bits per heavy atom. The van der Waals surface area contributed by atoms with Crippen LogP contribution in [-0.4, -0.2) is 51.6 Å². The van der Waals surface area contributed by atoms with Gasteiger partial charge in [0, 0.05) is 51.4 Å². The highest BCUT2D eigenvalue weighted by Crippen LogP contribution is 2.28. The first-order chi connectivity index (χ1) is 12.2. The Labute approximate surface area is 174 Å². The first kappa shape index (κ1) is 22.5. The molecule has 0 aromatic heterocycles. The smallest absolute Gasteiger partial charge is 0.223 e. The third-order valence-electron chi connectivity index (χ3n) is 4.13. The Balaban J connectivity index is 0.00000338. The monoisotopic (exact) mass is 473 g/mol. The van der Waals surface area contributed by atoms with E-state index in [0.717, 1.165) is 44.9 Å². The minimum absolute atomic E-state index is 0. The first-order valence-corrected chi connectivity index (χ1v) is 9.26. The lowest BCUT2D eigenvalue weighted by Crippen LogP contribution is -2.41. The summed E-state index contributed by atoms with van der Waals surface area (Å²) in [6, 6.07) is 10.4. The molecule has 0 aliphatic heterocycles. The van der Waals surface area contributed by atoms with Crippen molar-refractivity contribution >= 4 is 41.5 Å². The largest absolute Gasteiger partial charge is 0.375 e. The van der Waals surface area contributed by atoms with Gasteiger partial charge in [0.05, 0.1) is 0 Å². The van der Waals surface area contributed by atoms with Crippen LogP contribution in [0.3, 0.4) is 0 Å². The van der Waals surface area contributed by atoms with Crippen molar-refractivity contribution in [2.24, 2.45) is 10.9 Å². The number of aliphatic imine (C=N–C) groups is 1. The Morgan fingerprint density at radius 2 is 1.85 bits per heavy atom. The molecule has 0 bridgehead atoms. The summed E-state index contributed by atoms with van der Waals surface area (Å²) in [6.45, 7) is 5.93. The molecule has 1 aliphatic carbocycles. The SMILES string of the molecule is CCNC(=NCCCN(C)c1ccccc1)NCCNC(=O)C1CC1.I. The van der Waals surface area contributed by atoms with Gasteiger partial charge in [-0.3, -0.25) is 9.79 Å². The molecule has 0 atom stereocenters. The standard InChI is InChI=1S/C19H31N5O.HI/c1-3-20-19(23-14-13-21-18(25)16-10-11-16)22-12-7-15-24(2)17-8-5-4-6-9-17;/h4-6,8-9,16H,3,7,10-15H2,1-2H3,(H,21,25)(H2,20,22,23);1H. The summed E-state index contributed by atoms with van der Waals surface area (Å²) in [5.41, 5.74) is 1.22. The summed E-state index contributed by atoms with van der Waals surface area (Å²) >= 11 is 0. The van der Waals surface area contributed by atoms with Gasteiger partial charge in [0.25, 0.3) is 0 Å². The lowest BCUT2D eigenvalue weighted by atomic mass is 10.3. The number of carbonyl (C=O) groups excluding carboxylic acids is 1. The van der Waals surface area contributed by atoms with E-state index in [1.807, 2.05) is 6.07 Å². The third kappa shape index (κ3) is 8.73. The van der Waals surface area contributed by atoms with E-state index in [9.17, 15) is 4.79 Å². The molecule has 1 aromatic rings. The average molecular weight is 473 g/mol. The van der Waals surface area contributed by atoms with Crippen molar-refractivity contribution in [2.75, 3.05) is 44.7 Å². The normalized spacial score (nSPS) is 13.5. The number of guanidine groups is 1. The van der Waals surface area contributed by atoms with Crippen LogP contribution in [-0.2, 0) is 4.79 Å². The fraction of sp³-hybridized carbons (Fsp3) is 0.579. The number of rotatable bonds is 10. The zero-order valence-electron chi connectivity index (χ0n) is 15.8. The van der Waals surface area contributed by atoms with E-state index < -0.39 is 0 Å². The second-order valence-electron chi connectivity index (χ2n) is 6.36. The van der Waals surface area contributed by atoms with E-state index in [2.05, 4.69) is 64.1 Å². The predicted molar refractivity (Wildman–Crippen MR) is 119 cm³/mol. The molecule has 0 heterocycles. The van der Waals surface area contributed by atoms with Gasteiger partial charge in [0.1, 0.15) is 0 Å². The molecule has 1 aliphatic rings. The number of halogens is 1. The molecule has 0 radical (unpaired) electrons. The van der Waals surface area contributed by atoms with E-state index in [-0.39, 0.29) is 35.8 Å². The van der Waals surface area contributed by atoms with E-state index in [0.29, 0.717) is 13.1 Å². The number of carbonyl (C=O) groups is 1. The van der Waals surface area contributed by atoms with Crippen molar-refractivity contribution < 1.29 is 4.79 Å². The minimum atomic E-state index is 0. The number of nitrogens with one attached hydrogen (secondary N) is 3. The van der Waals surface area contributed by atoms with Crippen molar-refractivity contribution in [3.63, 3.8) is 0 Å². The Bertz CT molecular complexity index is 548. The van der Waals surface area contributed by atoms with E-state index in [1.165, 1.54) is 5.69 Å². The van der Waals surface area contributed by atoms with Gasteiger partial charge in [0.15, 0.2) is 5.96 Å². The lowest BCUT2D eigenvalue weighted by Gasteiger charge is -2.18. The number of benzene rings is 1. The van der Waals surface area contributed by atoms with Crippen molar-refractivity contribution in [3.8, 4) is 0 Å². The second-order valence-corrected chi connectivity index (χ2v) is 6.36. The topological polar surface area (TPSA) is 68.8 Å². The summed E-state index contributed by atoms with van der Waals surface area (Å²) in [5.74, 6) is 1.27. The molecule has 2 rings (SSSR count). The molecule has 6 nitrogen and oxygen atoms in total. The molecule has 3 N–H and O–H groups in total. The molecule has 0 unspecified atom stereocenters. The summed E-state index contributed by atoms with van der Waals surface area (Å²) < 4.78 is 0. The maximum Gasteiger partial charge on any atom is 0.223 e. The quantitative estimate of drug-likeness (QED) is 0.211. The van der Waals surface area contributed by atoms with Crippen LogP contribution >= 0.6 is 24.0 Å². The number of hydrogen-bond acceptors (Lipinski definition) is 3. The zero-order chi connectivity index (χ0) is 17.9. The summed E-state index contributed by atoms with van der Waals surface area (Å²) in [4.78, 5) is 18.4. The van der Waals surface area contributed by atoms with Gasteiger partial charge in [0.2, 0.25) is 5.91 Å². The maximum absolute atomic E-state index is 11.6. The highest BCUT2D eigenvalue weighted by Gasteiger charge is 2.28. The Hall–Kier alpha value is -1.51. The van der Waals surface area contributed by atoms with Crippen molar-refractivity contribution in [1.82, 2.24) is 16.0 Å². The molecule has 26 heavy (non-hydrogen) atoms. The zero-order valence-corrected chi connectivity index (χ0v) is 18.2. The lowest BCUT2D eigenvalue weighted by molar-refractivity contribution is -0.122. The fourth-order valence-corrected chi connectivity index (χ4v) is 2.51. The van der Waals surface area contributed by atoms with Crippen LogP contribution in [0.2, 0.25) is 0 Å². The highest BCUT2D eigenvalue weighted by atomic mass is 127. The van der Waals surface area contributed by atoms with Crippen LogP contribution in [0.5, 0.6) is 0 Å². The van der Waals surface area contributed by atoms with Crippen molar-refractivity contribution in [2.45, 2.75) is 26.2 Å². The van der Waals surface area contributed by atoms with Gasteiger partial charge in [-0.25, -0.2) is 0 Å². The van der Waals surface area contributed by atoms with Gasteiger partial charge < -0.3 is 20.9 Å². The molecule has 0 spiro atoms. The molecule has 1 fully saturated rings. The predicted octanol–water partition coefficient (Wildman–Crippen LogP) is 2.21. The van der Waals surface area contributed by atoms with Gasteiger partial charge in [-0.15, -0.1) is 24.0 Å². The molecular formula is C19H32IN5O. The maximum atomic E-state index is 11.6. The number of hydrogen-bond donors (Lipinski definition) is 3. The number of nitrogens with zero attached hydrogens (tertiary/aromatic N) is 2. The first-order valence-electron chi connectivity index (χ1n) is 9.26. The Morgan fingerprint density at radius 1 is 1.15 bits per heavy atom. The third-order valence-corrected chi connectivity index (χ3v) is 4.13. The number of anilines is 1. The summed E-state index contributed by atoms with van der Waals surface area (Å²) in [6.07, 6.45) is 3.07. The van der Waals surface area contributed by atoms with Gasteiger partial charge in [-0.05, 0) is 38.3 Å². The molecule has 146 valence electrons. The number of para-hydroxylation sites is 1. The van der Waals surface area contributed by atoms with Gasteiger partial charge in [-0.2, -0.15) is 0 Å². The molecule has 1 aromatic carbocycles. The second kappa shape index (κ2) is 12.8. The Kier molecular flexibility index (Phi) is 11.1. The fourth-order valence-electron chi connectivity index (χ4n) is 2.51. The van der Waals surface area contributed by atoms with Crippen LogP contribution in [0.4, 0.5) is 5.69 Å². The van der Waals surface area contributed by atoms with Gasteiger partial charge in [-0.1, -0.05) is 18.2 Å². The average Bonchev–Trinajstić information content (AvgIpc) is 3.47. The van der Waals surface area contributed by atoms with Crippen molar-refractivity contribution in [3.05, 3.63) is 30.3 Å². The van der Waals surface area contributed by atoms with Crippen LogP contribution < -0.4 is 20.9 Å². The van der Waals surface area contributed by atoms with Crippen LogP contribution in [0.25, 0.3) is 0 Å². The van der Waals surface area contributed by atoms with Crippen LogP contribution in [0, 0.1) is 5.92 Å². The molecule has 1 amide bonds. The highest BCUT2D eigenvalue weighted by molar-refractivity contribution is 14.0. The molecule has 7 heteroatoms. The van der Waals surface area contributed by atoms with E-state index >= 15 is 0 Å². The minimum Gasteiger partial charge on any atom is -0.375 e. The van der Waals surface area contributed by atoms with Crippen LogP contribution in [0.15, 0.2) is 35.3 Å². The van der Waals surface area contributed by atoms with E-state index in [4.69, 9.17) is 0 Å². The molecule has 1 saturated carbocycles. The van der Waals surface area contributed by atoms with Crippen molar-refractivity contribution in [1.29, 1.82) is 0 Å². The van der Waals surface area contributed by atoms with E-state index in [1.54, 1.807) is 0 Å². The summed E-state index contributed by atoms with van der Waals surface area (Å²) in [5, 5.41) is 9.46. The van der Waals surface area contributed by atoms with Gasteiger partial charge >= 0.3 is 0 Å². The molecule has 0 saturated heterocycles. The summed E-state index contributed by atoms with van der Waals surface area (Å²) in [7, 11) is 2.10.